The second kappa shape index (κ2) is 8.71. The lowest BCUT2D eigenvalue weighted by atomic mass is 10.2. The van der Waals surface area contributed by atoms with E-state index in [2.05, 4.69) is 73.8 Å². The van der Waals surface area contributed by atoms with Gasteiger partial charge in [0.15, 0.2) is 0 Å². The molecule has 0 amide bonds. The van der Waals surface area contributed by atoms with Gasteiger partial charge in [0.25, 0.3) is 0 Å². The van der Waals surface area contributed by atoms with Crippen molar-refractivity contribution < 1.29 is 0 Å². The molecule has 6 heteroatoms. The number of anilines is 4. The van der Waals surface area contributed by atoms with Gasteiger partial charge >= 0.3 is 0 Å². The van der Waals surface area contributed by atoms with Crippen LogP contribution in [0.15, 0.2) is 66.9 Å². The molecule has 1 aromatic heterocycles. The SMILES string of the molecule is CN1CCN(c2ccc(Nc3ccnc(NCc4ccccc4)n3)cc2)CC1. The molecule has 3 aromatic rings. The van der Waals surface area contributed by atoms with Crippen LogP contribution < -0.4 is 15.5 Å². The molecular weight excluding hydrogens is 348 g/mol. The topological polar surface area (TPSA) is 56.3 Å². The lowest BCUT2D eigenvalue weighted by molar-refractivity contribution is 0.313. The predicted molar refractivity (Wildman–Crippen MR) is 115 cm³/mol. The Kier molecular flexibility index (Phi) is 5.68. The van der Waals surface area contributed by atoms with Crippen LogP contribution in [0.1, 0.15) is 5.56 Å². The Balaban J connectivity index is 1.36. The van der Waals surface area contributed by atoms with E-state index in [1.807, 2.05) is 24.3 Å². The van der Waals surface area contributed by atoms with E-state index in [1.165, 1.54) is 11.3 Å². The van der Waals surface area contributed by atoms with Gasteiger partial charge in [0.05, 0.1) is 0 Å². The van der Waals surface area contributed by atoms with Gasteiger partial charge in [-0.05, 0) is 42.9 Å². The van der Waals surface area contributed by atoms with E-state index < -0.39 is 0 Å². The summed E-state index contributed by atoms with van der Waals surface area (Å²) in [4.78, 5) is 13.7. The molecule has 1 aliphatic heterocycles. The van der Waals surface area contributed by atoms with E-state index in [1.54, 1.807) is 6.20 Å². The zero-order chi connectivity index (χ0) is 19.2. The Bertz CT molecular complexity index is 873. The minimum atomic E-state index is 0.614. The molecular formula is C22H26N6. The number of piperazine rings is 1. The first-order valence-corrected chi connectivity index (χ1v) is 9.68. The maximum absolute atomic E-state index is 4.55. The second-order valence-electron chi connectivity index (χ2n) is 7.07. The first-order valence-electron chi connectivity index (χ1n) is 9.68. The standard InChI is InChI=1S/C22H26N6/c1-27-13-15-28(16-14-27)20-9-7-19(8-10-20)25-21-11-12-23-22(26-21)24-17-18-5-3-2-4-6-18/h2-12H,13-17H2,1H3,(H2,23,24,25,26). The third-order valence-electron chi connectivity index (χ3n) is 4.96. The molecule has 2 N–H and O–H groups in total. The number of hydrogen-bond donors (Lipinski definition) is 2. The summed E-state index contributed by atoms with van der Waals surface area (Å²) in [6.07, 6.45) is 1.77. The fraction of sp³-hybridized carbons (Fsp3) is 0.273. The number of likely N-dealkylation sites (N-methyl/N-ethyl adjacent to an activating group) is 1. The van der Waals surface area contributed by atoms with E-state index in [4.69, 9.17) is 0 Å². The Morgan fingerprint density at radius 2 is 1.64 bits per heavy atom. The van der Waals surface area contributed by atoms with Crippen molar-refractivity contribution in [1.82, 2.24) is 14.9 Å². The van der Waals surface area contributed by atoms with Gasteiger partial charge in [-0.2, -0.15) is 4.98 Å². The highest BCUT2D eigenvalue weighted by molar-refractivity contribution is 5.61. The molecule has 0 atom stereocenters. The largest absolute Gasteiger partial charge is 0.369 e. The van der Waals surface area contributed by atoms with Crippen LogP contribution >= 0.6 is 0 Å². The normalized spacial score (nSPS) is 14.7. The maximum Gasteiger partial charge on any atom is 0.224 e. The van der Waals surface area contributed by atoms with Gasteiger partial charge in [-0.1, -0.05) is 30.3 Å². The summed E-state index contributed by atoms with van der Waals surface area (Å²) in [5.74, 6) is 1.39. The Hall–Kier alpha value is -3.12. The van der Waals surface area contributed by atoms with E-state index in [0.717, 1.165) is 37.7 Å². The lowest BCUT2D eigenvalue weighted by Crippen LogP contribution is -2.44. The van der Waals surface area contributed by atoms with Gasteiger partial charge in [0.1, 0.15) is 5.82 Å². The number of hydrogen-bond acceptors (Lipinski definition) is 6. The zero-order valence-corrected chi connectivity index (χ0v) is 16.2. The summed E-state index contributed by atoms with van der Waals surface area (Å²) in [6.45, 7) is 5.07. The van der Waals surface area contributed by atoms with Crippen molar-refractivity contribution in [3.8, 4) is 0 Å². The number of aromatic nitrogens is 2. The van der Waals surface area contributed by atoms with Crippen LogP contribution in [-0.4, -0.2) is 48.1 Å². The van der Waals surface area contributed by atoms with Gasteiger partial charge in [-0.25, -0.2) is 4.98 Å². The van der Waals surface area contributed by atoms with Crippen LogP contribution in [0, 0.1) is 0 Å². The molecule has 2 heterocycles. The van der Waals surface area contributed by atoms with E-state index >= 15 is 0 Å². The third-order valence-corrected chi connectivity index (χ3v) is 4.96. The molecule has 0 saturated carbocycles. The van der Waals surface area contributed by atoms with Gasteiger partial charge < -0.3 is 20.4 Å². The molecule has 0 unspecified atom stereocenters. The Labute approximate surface area is 166 Å². The minimum Gasteiger partial charge on any atom is -0.369 e. The van der Waals surface area contributed by atoms with Crippen molar-refractivity contribution in [3.05, 3.63) is 72.4 Å². The van der Waals surface area contributed by atoms with Crippen LogP contribution in [-0.2, 0) is 6.54 Å². The van der Waals surface area contributed by atoms with Crippen LogP contribution in [0.3, 0.4) is 0 Å². The number of rotatable bonds is 6. The lowest BCUT2D eigenvalue weighted by Gasteiger charge is -2.34. The smallest absolute Gasteiger partial charge is 0.224 e. The van der Waals surface area contributed by atoms with Crippen molar-refractivity contribution in [2.75, 3.05) is 48.8 Å². The van der Waals surface area contributed by atoms with Crippen LogP contribution in [0.2, 0.25) is 0 Å². The summed E-state index contributed by atoms with van der Waals surface area (Å²) in [5, 5.41) is 6.63. The summed E-state index contributed by atoms with van der Waals surface area (Å²) in [6, 6.07) is 20.7. The van der Waals surface area contributed by atoms with Crippen LogP contribution in [0.5, 0.6) is 0 Å². The monoisotopic (exact) mass is 374 g/mol. The van der Waals surface area contributed by atoms with Gasteiger partial charge in [0, 0.05) is 50.3 Å². The fourth-order valence-corrected chi connectivity index (χ4v) is 3.26. The van der Waals surface area contributed by atoms with Gasteiger partial charge in [0.2, 0.25) is 5.95 Å². The molecule has 1 fully saturated rings. The van der Waals surface area contributed by atoms with Crippen molar-refractivity contribution in [3.63, 3.8) is 0 Å². The quantitative estimate of drug-likeness (QED) is 0.688. The second-order valence-corrected chi connectivity index (χ2v) is 7.07. The maximum atomic E-state index is 4.55. The molecule has 6 nitrogen and oxygen atoms in total. The highest BCUT2D eigenvalue weighted by Gasteiger charge is 2.13. The van der Waals surface area contributed by atoms with Crippen molar-refractivity contribution in [2.24, 2.45) is 0 Å². The third kappa shape index (κ3) is 4.78. The Morgan fingerprint density at radius 3 is 2.39 bits per heavy atom. The van der Waals surface area contributed by atoms with Crippen LogP contribution in [0.25, 0.3) is 0 Å². The highest BCUT2D eigenvalue weighted by atomic mass is 15.2. The number of nitrogens with zero attached hydrogens (tertiary/aromatic N) is 4. The first-order chi connectivity index (χ1) is 13.8. The molecule has 1 saturated heterocycles. The molecule has 144 valence electrons. The average molecular weight is 374 g/mol. The molecule has 0 radical (unpaired) electrons. The summed E-state index contributed by atoms with van der Waals surface area (Å²) < 4.78 is 0. The summed E-state index contributed by atoms with van der Waals surface area (Å²) >= 11 is 0. The van der Waals surface area contributed by atoms with Crippen molar-refractivity contribution >= 4 is 23.1 Å². The van der Waals surface area contributed by atoms with Crippen LogP contribution in [0.4, 0.5) is 23.1 Å². The van der Waals surface area contributed by atoms with E-state index in [0.29, 0.717) is 12.5 Å². The molecule has 2 aromatic carbocycles. The molecule has 0 aliphatic carbocycles. The fourth-order valence-electron chi connectivity index (χ4n) is 3.26. The number of nitrogens with one attached hydrogen (secondary N) is 2. The molecule has 28 heavy (non-hydrogen) atoms. The highest BCUT2D eigenvalue weighted by Crippen LogP contribution is 2.21. The first kappa shape index (κ1) is 18.3. The molecule has 0 spiro atoms. The van der Waals surface area contributed by atoms with Gasteiger partial charge in [-0.15, -0.1) is 0 Å². The minimum absolute atomic E-state index is 0.614. The molecule has 0 bridgehead atoms. The average Bonchev–Trinajstić information content (AvgIpc) is 2.75. The van der Waals surface area contributed by atoms with Crippen molar-refractivity contribution in [1.29, 1.82) is 0 Å². The van der Waals surface area contributed by atoms with Gasteiger partial charge in [-0.3, -0.25) is 0 Å². The predicted octanol–water partition coefficient (Wildman–Crippen LogP) is 3.58. The van der Waals surface area contributed by atoms with Crippen molar-refractivity contribution in [2.45, 2.75) is 6.54 Å². The Morgan fingerprint density at radius 1 is 0.893 bits per heavy atom. The molecule has 1 aliphatic rings. The van der Waals surface area contributed by atoms with E-state index in [-0.39, 0.29) is 0 Å². The molecule has 4 rings (SSSR count). The summed E-state index contributed by atoms with van der Waals surface area (Å²) in [7, 11) is 2.18. The van der Waals surface area contributed by atoms with E-state index in [9.17, 15) is 0 Å². The zero-order valence-electron chi connectivity index (χ0n) is 16.2. The number of benzene rings is 2. The summed E-state index contributed by atoms with van der Waals surface area (Å²) in [5.41, 5.74) is 3.49.